The monoisotopic (exact) mass is 455 g/mol. The quantitative estimate of drug-likeness (QED) is 0.433. The van der Waals surface area contributed by atoms with E-state index in [2.05, 4.69) is 25.9 Å². The number of carbonyl (C=O) groups excluding carboxylic acids is 3. The number of benzene rings is 2. The predicted molar refractivity (Wildman–Crippen MR) is 117 cm³/mol. The Hall–Kier alpha value is -3.72. The van der Waals surface area contributed by atoms with Crippen molar-refractivity contribution in [1.29, 1.82) is 0 Å². The minimum atomic E-state index is -0.544. The predicted octanol–water partition coefficient (Wildman–Crippen LogP) is 3.85. The maximum atomic E-state index is 13.2. The summed E-state index contributed by atoms with van der Waals surface area (Å²) in [6.45, 7) is 0.579. The van der Waals surface area contributed by atoms with E-state index < -0.39 is 17.6 Å². The molecule has 1 fully saturated rings. The number of rotatable bonds is 7. The van der Waals surface area contributed by atoms with E-state index in [1.54, 1.807) is 24.3 Å². The first-order valence-electron chi connectivity index (χ1n) is 9.90. The molecule has 3 amide bonds. The van der Waals surface area contributed by atoms with Gasteiger partial charge in [-0.05, 0) is 61.2 Å². The second kappa shape index (κ2) is 9.19. The number of aromatic amines is 1. The lowest BCUT2D eigenvalue weighted by Crippen LogP contribution is -2.28. The number of imidazole rings is 1. The molecule has 1 heterocycles. The van der Waals surface area contributed by atoms with Crippen LogP contribution in [0.3, 0.4) is 0 Å². The number of hydrogen-bond donors (Lipinski definition) is 4. The van der Waals surface area contributed by atoms with Gasteiger partial charge in [0.2, 0.25) is 0 Å². The van der Waals surface area contributed by atoms with Crippen molar-refractivity contribution in [3.63, 3.8) is 0 Å². The highest BCUT2D eigenvalue weighted by molar-refractivity contribution is 6.34. The molecule has 1 aliphatic rings. The molecule has 0 atom stereocenters. The maximum Gasteiger partial charge on any atom is 0.276 e. The van der Waals surface area contributed by atoms with Gasteiger partial charge in [-0.15, -0.1) is 0 Å². The van der Waals surface area contributed by atoms with Crippen LogP contribution < -0.4 is 16.0 Å². The van der Waals surface area contributed by atoms with Crippen LogP contribution in [0.4, 0.5) is 15.8 Å². The number of carbonyl (C=O) groups is 3. The highest BCUT2D eigenvalue weighted by Gasteiger charge is 2.25. The minimum absolute atomic E-state index is 0.00218. The van der Waals surface area contributed by atoms with E-state index in [0.29, 0.717) is 23.8 Å². The second-order valence-electron chi connectivity index (χ2n) is 7.39. The molecule has 0 aliphatic heterocycles. The number of anilines is 2. The standard InChI is InChI=1S/C22H19ClFN5O3/c23-17-9-13(24)3-8-16(17)20(30)28-14-4-6-15(7-5-14)29-22(32)19-18(26-11-27-19)21(31)25-10-12-1-2-12/h3-9,11-12H,1-2,10H2,(H,25,31)(H,26,27)(H,28,30)(H,29,32). The second-order valence-corrected chi connectivity index (χ2v) is 7.80. The maximum absolute atomic E-state index is 13.2. The molecule has 2 aromatic carbocycles. The van der Waals surface area contributed by atoms with Crippen LogP contribution in [0.1, 0.15) is 44.2 Å². The molecule has 0 unspecified atom stereocenters. The van der Waals surface area contributed by atoms with Crippen LogP contribution in [0.25, 0.3) is 0 Å². The van der Waals surface area contributed by atoms with Gasteiger partial charge >= 0.3 is 0 Å². The number of halogens is 2. The summed E-state index contributed by atoms with van der Waals surface area (Å²) >= 11 is 5.91. The largest absolute Gasteiger partial charge is 0.350 e. The summed E-state index contributed by atoms with van der Waals surface area (Å²) in [5, 5.41) is 8.11. The average Bonchev–Trinajstić information content (AvgIpc) is 3.46. The Labute approximate surface area is 187 Å². The Bertz CT molecular complexity index is 1170. The molecule has 4 N–H and O–H groups in total. The third-order valence-electron chi connectivity index (χ3n) is 4.91. The fourth-order valence-corrected chi connectivity index (χ4v) is 3.24. The first-order chi connectivity index (χ1) is 15.4. The van der Waals surface area contributed by atoms with E-state index in [1.807, 2.05) is 0 Å². The van der Waals surface area contributed by atoms with Crippen LogP contribution in [0, 0.1) is 11.7 Å². The molecule has 0 saturated heterocycles. The van der Waals surface area contributed by atoms with Crippen LogP contribution in [-0.4, -0.2) is 34.2 Å². The average molecular weight is 456 g/mol. The van der Waals surface area contributed by atoms with E-state index in [4.69, 9.17) is 11.6 Å². The van der Waals surface area contributed by atoms with Gasteiger partial charge in [0.05, 0.1) is 16.9 Å². The molecular formula is C22H19ClFN5O3. The first-order valence-corrected chi connectivity index (χ1v) is 10.3. The van der Waals surface area contributed by atoms with E-state index in [-0.39, 0.29) is 27.9 Å². The van der Waals surface area contributed by atoms with Gasteiger partial charge in [-0.2, -0.15) is 0 Å². The Kier molecular flexibility index (Phi) is 6.18. The third kappa shape index (κ3) is 5.12. The van der Waals surface area contributed by atoms with Gasteiger partial charge in [0, 0.05) is 17.9 Å². The molecule has 164 valence electrons. The Balaban J connectivity index is 1.37. The van der Waals surface area contributed by atoms with Crippen LogP contribution in [0.2, 0.25) is 5.02 Å². The molecule has 3 aromatic rings. The SMILES string of the molecule is O=C(Nc1ccc(NC(=O)c2nc[nH]c2C(=O)NCC2CC2)cc1)c1ccc(F)cc1Cl. The Morgan fingerprint density at radius 1 is 1.00 bits per heavy atom. The van der Waals surface area contributed by atoms with Crippen molar-refractivity contribution in [2.24, 2.45) is 5.92 Å². The minimum Gasteiger partial charge on any atom is -0.350 e. The number of amides is 3. The zero-order chi connectivity index (χ0) is 22.7. The molecule has 1 saturated carbocycles. The van der Waals surface area contributed by atoms with Crippen molar-refractivity contribution in [1.82, 2.24) is 15.3 Å². The van der Waals surface area contributed by atoms with Gasteiger partial charge in [0.15, 0.2) is 5.69 Å². The molecule has 0 radical (unpaired) electrons. The summed E-state index contributed by atoms with van der Waals surface area (Å²) in [4.78, 5) is 43.9. The highest BCUT2D eigenvalue weighted by Crippen LogP contribution is 2.27. The first kappa shape index (κ1) is 21.5. The number of nitrogens with zero attached hydrogens (tertiary/aromatic N) is 1. The molecule has 1 aromatic heterocycles. The molecule has 0 bridgehead atoms. The van der Waals surface area contributed by atoms with Gasteiger partial charge in [0.1, 0.15) is 11.5 Å². The molecular weight excluding hydrogens is 437 g/mol. The summed E-state index contributed by atoms with van der Waals surface area (Å²) in [5.41, 5.74) is 1.12. The zero-order valence-electron chi connectivity index (χ0n) is 16.7. The van der Waals surface area contributed by atoms with Crippen LogP contribution >= 0.6 is 11.6 Å². The van der Waals surface area contributed by atoms with E-state index in [1.165, 1.54) is 12.4 Å². The fourth-order valence-electron chi connectivity index (χ4n) is 2.99. The summed E-state index contributed by atoms with van der Waals surface area (Å²) in [6.07, 6.45) is 3.49. The van der Waals surface area contributed by atoms with Crippen molar-refractivity contribution in [3.05, 3.63) is 76.6 Å². The normalized spacial score (nSPS) is 12.8. The van der Waals surface area contributed by atoms with E-state index in [0.717, 1.165) is 25.0 Å². The van der Waals surface area contributed by atoms with Gasteiger partial charge < -0.3 is 20.9 Å². The van der Waals surface area contributed by atoms with Crippen molar-refractivity contribution in [3.8, 4) is 0 Å². The van der Waals surface area contributed by atoms with Gasteiger partial charge in [-0.25, -0.2) is 9.37 Å². The van der Waals surface area contributed by atoms with E-state index >= 15 is 0 Å². The lowest BCUT2D eigenvalue weighted by molar-refractivity contribution is 0.0933. The summed E-state index contributed by atoms with van der Waals surface area (Å²) < 4.78 is 13.2. The lowest BCUT2D eigenvalue weighted by Gasteiger charge is -2.09. The summed E-state index contributed by atoms with van der Waals surface area (Å²) in [7, 11) is 0. The molecule has 8 nitrogen and oxygen atoms in total. The molecule has 4 rings (SSSR count). The summed E-state index contributed by atoms with van der Waals surface area (Å²) in [6, 6.07) is 9.83. The highest BCUT2D eigenvalue weighted by atomic mass is 35.5. The molecule has 1 aliphatic carbocycles. The van der Waals surface area contributed by atoms with Gasteiger partial charge in [-0.1, -0.05) is 11.6 Å². The molecule has 0 spiro atoms. The van der Waals surface area contributed by atoms with Crippen molar-refractivity contribution in [2.45, 2.75) is 12.8 Å². The lowest BCUT2D eigenvalue weighted by atomic mass is 10.2. The third-order valence-corrected chi connectivity index (χ3v) is 5.22. The number of hydrogen-bond acceptors (Lipinski definition) is 4. The van der Waals surface area contributed by atoms with Crippen molar-refractivity contribution >= 4 is 40.7 Å². The van der Waals surface area contributed by atoms with E-state index in [9.17, 15) is 18.8 Å². The topological polar surface area (TPSA) is 116 Å². The Morgan fingerprint density at radius 2 is 1.66 bits per heavy atom. The van der Waals surface area contributed by atoms with Crippen molar-refractivity contribution < 1.29 is 18.8 Å². The van der Waals surface area contributed by atoms with Crippen LogP contribution in [0.5, 0.6) is 0 Å². The van der Waals surface area contributed by atoms with Crippen LogP contribution in [0.15, 0.2) is 48.8 Å². The Morgan fingerprint density at radius 3 is 2.28 bits per heavy atom. The molecule has 10 heteroatoms. The number of nitrogens with one attached hydrogen (secondary N) is 4. The fraction of sp³-hybridized carbons (Fsp3) is 0.182. The summed E-state index contributed by atoms with van der Waals surface area (Å²) in [5.74, 6) is -1.44. The van der Waals surface area contributed by atoms with Crippen LogP contribution in [-0.2, 0) is 0 Å². The van der Waals surface area contributed by atoms with Crippen molar-refractivity contribution in [2.75, 3.05) is 17.2 Å². The van der Waals surface area contributed by atoms with Gasteiger partial charge in [-0.3, -0.25) is 14.4 Å². The smallest absolute Gasteiger partial charge is 0.276 e. The molecule has 32 heavy (non-hydrogen) atoms. The number of aromatic nitrogens is 2. The number of H-pyrrole nitrogens is 1. The van der Waals surface area contributed by atoms with Gasteiger partial charge in [0.25, 0.3) is 17.7 Å². The zero-order valence-corrected chi connectivity index (χ0v) is 17.5.